The molecule has 0 aromatic carbocycles. The molecule has 3 nitrogen and oxygen atoms in total. The lowest BCUT2D eigenvalue weighted by Crippen LogP contribution is -2.50. The number of allylic oxidation sites excluding steroid dienone is 1. The third-order valence-corrected chi connectivity index (χ3v) is 10.3. The molecule has 0 amide bonds. The summed E-state index contributed by atoms with van der Waals surface area (Å²) in [5.41, 5.74) is 1.06. The standard InChI is InChI=1S/C27H44O3/c1-17(6-11-24(29)25(2,3)30)21-9-10-22-20-8-7-18-16-19(28)12-14-26(18,4)23(20)13-15-27(21,22)5/h7,17,19-23,28,30H,6,8-16H2,1-5H3/t17?,19-,20-,21+,22-,23-,26-,27+/m0/s1. The zero-order valence-corrected chi connectivity index (χ0v) is 19.9. The van der Waals surface area contributed by atoms with Gasteiger partial charge in [0.1, 0.15) is 5.60 Å². The molecule has 4 rings (SSSR count). The predicted molar refractivity (Wildman–Crippen MR) is 121 cm³/mol. The van der Waals surface area contributed by atoms with Crippen molar-refractivity contribution in [3.63, 3.8) is 0 Å². The summed E-state index contributed by atoms with van der Waals surface area (Å²) < 4.78 is 0. The van der Waals surface area contributed by atoms with Gasteiger partial charge in [-0.2, -0.15) is 0 Å². The maximum atomic E-state index is 12.3. The maximum absolute atomic E-state index is 12.3. The Hall–Kier alpha value is -0.670. The second-order valence-electron chi connectivity index (χ2n) is 12.4. The number of fused-ring (bicyclic) bond motifs is 5. The van der Waals surface area contributed by atoms with Gasteiger partial charge < -0.3 is 10.2 Å². The van der Waals surface area contributed by atoms with Crippen LogP contribution in [0.1, 0.15) is 98.8 Å². The van der Waals surface area contributed by atoms with Crippen molar-refractivity contribution < 1.29 is 15.0 Å². The van der Waals surface area contributed by atoms with Crippen molar-refractivity contribution in [2.45, 2.75) is 111 Å². The van der Waals surface area contributed by atoms with Crippen molar-refractivity contribution in [3.8, 4) is 0 Å². The van der Waals surface area contributed by atoms with E-state index in [0.717, 1.165) is 43.4 Å². The highest BCUT2D eigenvalue weighted by atomic mass is 16.3. The molecule has 3 heteroatoms. The van der Waals surface area contributed by atoms with Gasteiger partial charge in [0, 0.05) is 6.42 Å². The molecule has 3 saturated carbocycles. The van der Waals surface area contributed by atoms with Crippen molar-refractivity contribution in [2.75, 3.05) is 0 Å². The van der Waals surface area contributed by atoms with E-state index in [1.54, 1.807) is 19.4 Å². The summed E-state index contributed by atoms with van der Waals surface area (Å²) in [6, 6.07) is 0. The van der Waals surface area contributed by atoms with E-state index in [4.69, 9.17) is 0 Å². The average molecular weight is 417 g/mol. The van der Waals surface area contributed by atoms with E-state index in [0.29, 0.717) is 29.1 Å². The molecule has 0 bridgehead atoms. The van der Waals surface area contributed by atoms with Gasteiger partial charge in [-0.3, -0.25) is 4.79 Å². The molecule has 0 aromatic heterocycles. The molecule has 0 heterocycles. The molecule has 1 unspecified atom stereocenters. The van der Waals surface area contributed by atoms with Crippen LogP contribution in [0.3, 0.4) is 0 Å². The summed E-state index contributed by atoms with van der Waals surface area (Å²) in [7, 11) is 0. The first-order valence-corrected chi connectivity index (χ1v) is 12.6. The topological polar surface area (TPSA) is 57.5 Å². The van der Waals surface area contributed by atoms with E-state index in [1.807, 2.05) is 0 Å². The first-order chi connectivity index (χ1) is 14.0. The molecule has 170 valence electrons. The Morgan fingerprint density at radius 2 is 1.90 bits per heavy atom. The van der Waals surface area contributed by atoms with Crippen LogP contribution in [-0.2, 0) is 4.79 Å². The number of carbonyl (C=O) groups excluding carboxylic acids is 1. The molecule has 4 aliphatic carbocycles. The molecule has 4 aliphatic rings. The van der Waals surface area contributed by atoms with Crippen molar-refractivity contribution >= 4 is 5.78 Å². The van der Waals surface area contributed by atoms with Gasteiger partial charge in [-0.05, 0) is 112 Å². The van der Waals surface area contributed by atoms with E-state index in [1.165, 1.54) is 32.1 Å². The lowest BCUT2D eigenvalue weighted by Gasteiger charge is -2.58. The van der Waals surface area contributed by atoms with Gasteiger partial charge in [-0.25, -0.2) is 0 Å². The number of Topliss-reactive ketones (excluding diaryl/α,β-unsaturated/α-hetero) is 1. The third-order valence-electron chi connectivity index (χ3n) is 10.3. The number of ketones is 1. The van der Waals surface area contributed by atoms with Crippen molar-refractivity contribution in [1.29, 1.82) is 0 Å². The lowest BCUT2D eigenvalue weighted by atomic mass is 9.47. The van der Waals surface area contributed by atoms with Gasteiger partial charge in [0.05, 0.1) is 6.10 Å². The second kappa shape index (κ2) is 7.73. The molecule has 30 heavy (non-hydrogen) atoms. The van der Waals surface area contributed by atoms with E-state index in [-0.39, 0.29) is 11.9 Å². The summed E-state index contributed by atoms with van der Waals surface area (Å²) in [6.45, 7) is 10.6. The van der Waals surface area contributed by atoms with Crippen molar-refractivity contribution in [2.24, 2.45) is 40.4 Å². The van der Waals surface area contributed by atoms with Crippen molar-refractivity contribution in [1.82, 2.24) is 0 Å². The van der Waals surface area contributed by atoms with Crippen LogP contribution in [0.2, 0.25) is 0 Å². The quantitative estimate of drug-likeness (QED) is 0.567. The monoisotopic (exact) mass is 416 g/mol. The van der Waals surface area contributed by atoms with Gasteiger partial charge in [-0.1, -0.05) is 32.4 Å². The maximum Gasteiger partial charge on any atom is 0.163 e. The minimum atomic E-state index is -1.20. The van der Waals surface area contributed by atoms with Gasteiger partial charge in [0.25, 0.3) is 0 Å². The summed E-state index contributed by atoms with van der Waals surface area (Å²) in [4.78, 5) is 12.3. The number of aliphatic hydroxyl groups excluding tert-OH is 1. The SMILES string of the molecule is CC(CCC(=O)C(C)(C)O)[C@H]1CC[C@H]2[C@@H]3CC=C4C[C@@H](O)CC[C@]4(C)[C@H]3CC[C@]12C. The van der Waals surface area contributed by atoms with Crippen LogP contribution in [0, 0.1) is 40.4 Å². The van der Waals surface area contributed by atoms with Crippen LogP contribution in [-0.4, -0.2) is 27.7 Å². The first kappa shape index (κ1) is 22.5. The fourth-order valence-corrected chi connectivity index (χ4v) is 8.48. The lowest BCUT2D eigenvalue weighted by molar-refractivity contribution is -0.134. The molecular formula is C27H44O3. The van der Waals surface area contributed by atoms with Crippen LogP contribution in [0.5, 0.6) is 0 Å². The molecule has 2 N–H and O–H groups in total. The Kier molecular flexibility index (Phi) is 5.80. The smallest absolute Gasteiger partial charge is 0.163 e. The zero-order valence-electron chi connectivity index (χ0n) is 19.9. The largest absolute Gasteiger partial charge is 0.393 e. The molecule has 0 aromatic rings. The number of hydrogen-bond donors (Lipinski definition) is 2. The minimum Gasteiger partial charge on any atom is -0.393 e. The molecule has 0 saturated heterocycles. The Bertz CT molecular complexity index is 703. The summed E-state index contributed by atoms with van der Waals surface area (Å²) >= 11 is 0. The van der Waals surface area contributed by atoms with Gasteiger partial charge >= 0.3 is 0 Å². The number of aliphatic hydroxyl groups is 2. The highest BCUT2D eigenvalue weighted by Gasteiger charge is 2.59. The molecule has 0 spiro atoms. The third kappa shape index (κ3) is 3.62. The van der Waals surface area contributed by atoms with Gasteiger partial charge in [0.2, 0.25) is 0 Å². The Labute approximate surface area is 183 Å². The van der Waals surface area contributed by atoms with Crippen LogP contribution in [0.15, 0.2) is 11.6 Å². The Balaban J connectivity index is 1.48. The van der Waals surface area contributed by atoms with E-state index >= 15 is 0 Å². The van der Waals surface area contributed by atoms with E-state index in [9.17, 15) is 15.0 Å². The van der Waals surface area contributed by atoms with Crippen LogP contribution < -0.4 is 0 Å². The molecular weight excluding hydrogens is 372 g/mol. The fourth-order valence-electron chi connectivity index (χ4n) is 8.48. The summed E-state index contributed by atoms with van der Waals surface area (Å²) in [5, 5.41) is 20.2. The molecule has 8 atom stereocenters. The second-order valence-corrected chi connectivity index (χ2v) is 12.4. The number of hydrogen-bond acceptors (Lipinski definition) is 3. The van der Waals surface area contributed by atoms with E-state index in [2.05, 4.69) is 26.8 Å². The average Bonchev–Trinajstić information content (AvgIpc) is 3.03. The minimum absolute atomic E-state index is 0.0184. The first-order valence-electron chi connectivity index (χ1n) is 12.6. The normalized spacial score (nSPS) is 44.5. The molecule has 0 aliphatic heterocycles. The Morgan fingerprint density at radius 1 is 1.17 bits per heavy atom. The highest BCUT2D eigenvalue weighted by Crippen LogP contribution is 2.67. The van der Waals surface area contributed by atoms with Gasteiger partial charge in [-0.15, -0.1) is 0 Å². The van der Waals surface area contributed by atoms with Crippen molar-refractivity contribution in [3.05, 3.63) is 11.6 Å². The molecule has 3 fully saturated rings. The Morgan fingerprint density at radius 3 is 2.60 bits per heavy atom. The number of rotatable bonds is 5. The summed E-state index contributed by atoms with van der Waals surface area (Å²) in [5.74, 6) is 3.60. The molecule has 0 radical (unpaired) electrons. The summed E-state index contributed by atoms with van der Waals surface area (Å²) in [6.07, 6.45) is 13.3. The van der Waals surface area contributed by atoms with Gasteiger partial charge in [0.15, 0.2) is 5.78 Å². The predicted octanol–water partition coefficient (Wildman–Crippen LogP) is 5.68. The highest BCUT2D eigenvalue weighted by molar-refractivity contribution is 5.86. The van der Waals surface area contributed by atoms with E-state index < -0.39 is 5.60 Å². The number of carbonyl (C=O) groups is 1. The van der Waals surface area contributed by atoms with Crippen LogP contribution >= 0.6 is 0 Å². The van der Waals surface area contributed by atoms with Crippen LogP contribution in [0.4, 0.5) is 0 Å². The van der Waals surface area contributed by atoms with Crippen LogP contribution in [0.25, 0.3) is 0 Å². The fraction of sp³-hybridized carbons (Fsp3) is 0.889. The zero-order chi connectivity index (χ0) is 21.9.